The van der Waals surface area contributed by atoms with E-state index in [0.29, 0.717) is 5.92 Å². The first-order valence-corrected chi connectivity index (χ1v) is 7.45. The van der Waals surface area contributed by atoms with E-state index in [1.54, 1.807) is 0 Å². The Hall–Kier alpha value is -0.900. The molecule has 106 valence electrons. The quantitative estimate of drug-likeness (QED) is 0.559. The van der Waals surface area contributed by atoms with Crippen LogP contribution in [0.2, 0.25) is 0 Å². The topological polar surface area (TPSA) is 47.3 Å². The van der Waals surface area contributed by atoms with Crippen molar-refractivity contribution in [3.63, 3.8) is 0 Å². The van der Waals surface area contributed by atoms with Crippen LogP contribution in [-0.4, -0.2) is 18.8 Å². The van der Waals surface area contributed by atoms with Crippen LogP contribution in [0.25, 0.3) is 0 Å². The van der Waals surface area contributed by atoms with Crippen molar-refractivity contribution in [3.05, 3.63) is 35.4 Å². The molecule has 1 aromatic rings. The van der Waals surface area contributed by atoms with Crippen molar-refractivity contribution >= 4 is 0 Å². The molecule has 0 bridgehead atoms. The minimum absolute atomic E-state index is 0.229. The van der Waals surface area contributed by atoms with Crippen LogP contribution in [0, 0.1) is 0 Å². The van der Waals surface area contributed by atoms with Crippen molar-refractivity contribution in [3.8, 4) is 0 Å². The van der Waals surface area contributed by atoms with Gasteiger partial charge in [-0.3, -0.25) is 11.3 Å². The number of hydrazine groups is 1. The number of hydrogen-bond donors (Lipinski definition) is 2. The molecular formula is C16H26N2O. The lowest BCUT2D eigenvalue weighted by Crippen LogP contribution is -2.47. The highest BCUT2D eigenvalue weighted by molar-refractivity contribution is 5.39. The van der Waals surface area contributed by atoms with E-state index < -0.39 is 0 Å². The Morgan fingerprint density at radius 3 is 2.79 bits per heavy atom. The molecule has 0 saturated heterocycles. The number of ether oxygens (including phenoxy) is 1. The summed E-state index contributed by atoms with van der Waals surface area (Å²) in [6.45, 7) is 5.00. The highest BCUT2D eigenvalue weighted by Crippen LogP contribution is 2.38. The molecule has 3 atom stereocenters. The third kappa shape index (κ3) is 3.35. The van der Waals surface area contributed by atoms with Crippen molar-refractivity contribution in [1.29, 1.82) is 0 Å². The third-order valence-corrected chi connectivity index (χ3v) is 4.12. The summed E-state index contributed by atoms with van der Waals surface area (Å²) in [7, 11) is 0. The van der Waals surface area contributed by atoms with Gasteiger partial charge in [0, 0.05) is 12.6 Å². The lowest BCUT2D eigenvalue weighted by atomic mass is 9.74. The molecule has 0 fully saturated rings. The average Bonchev–Trinajstić information content (AvgIpc) is 2.40. The second-order valence-corrected chi connectivity index (χ2v) is 5.39. The second kappa shape index (κ2) is 7.04. The Labute approximate surface area is 116 Å². The van der Waals surface area contributed by atoms with Crippen LogP contribution < -0.4 is 11.3 Å². The number of hydrogen-bond acceptors (Lipinski definition) is 3. The first kappa shape index (κ1) is 14.5. The highest BCUT2D eigenvalue weighted by atomic mass is 16.5. The van der Waals surface area contributed by atoms with Gasteiger partial charge in [0.05, 0.1) is 6.10 Å². The summed E-state index contributed by atoms with van der Waals surface area (Å²) in [4.78, 5) is 0. The molecule has 3 nitrogen and oxygen atoms in total. The second-order valence-electron chi connectivity index (χ2n) is 5.39. The van der Waals surface area contributed by atoms with Gasteiger partial charge in [-0.1, -0.05) is 37.6 Å². The van der Waals surface area contributed by atoms with Crippen LogP contribution >= 0.6 is 0 Å². The summed E-state index contributed by atoms with van der Waals surface area (Å²) in [5.74, 6) is 6.39. The molecule has 19 heavy (non-hydrogen) atoms. The molecular weight excluding hydrogens is 236 g/mol. The Balaban J connectivity index is 1.96. The SMILES string of the molecule is CCCC(OCC)C(CC1Cc2ccccc21)NN. The zero-order chi connectivity index (χ0) is 13.7. The Bertz CT molecular complexity index is 388. The molecule has 1 aliphatic carbocycles. The van der Waals surface area contributed by atoms with Crippen molar-refractivity contribution in [1.82, 2.24) is 5.43 Å². The van der Waals surface area contributed by atoms with Crippen LogP contribution in [0.5, 0.6) is 0 Å². The van der Waals surface area contributed by atoms with E-state index in [4.69, 9.17) is 10.6 Å². The van der Waals surface area contributed by atoms with Gasteiger partial charge in [-0.25, -0.2) is 0 Å². The van der Waals surface area contributed by atoms with E-state index in [1.165, 1.54) is 17.5 Å². The predicted molar refractivity (Wildman–Crippen MR) is 78.9 cm³/mol. The minimum atomic E-state index is 0.229. The number of fused-ring (bicyclic) bond motifs is 1. The number of benzene rings is 1. The van der Waals surface area contributed by atoms with Crippen molar-refractivity contribution in [2.45, 2.75) is 57.6 Å². The summed E-state index contributed by atoms with van der Waals surface area (Å²) in [6.07, 6.45) is 4.67. The van der Waals surface area contributed by atoms with Crippen LogP contribution in [0.4, 0.5) is 0 Å². The van der Waals surface area contributed by atoms with Crippen LogP contribution in [0.15, 0.2) is 24.3 Å². The Kier molecular flexibility index (Phi) is 5.37. The standard InChI is InChI=1S/C16H26N2O/c1-3-7-16(19-4-2)15(18-17)11-13-10-12-8-5-6-9-14(12)13/h5-6,8-9,13,15-16,18H,3-4,7,10-11,17H2,1-2H3. The van der Waals surface area contributed by atoms with Crippen LogP contribution in [0.3, 0.4) is 0 Å². The molecule has 0 saturated carbocycles. The maximum absolute atomic E-state index is 5.85. The molecule has 0 spiro atoms. The normalized spacial score (nSPS) is 20.5. The molecule has 3 unspecified atom stereocenters. The fraction of sp³-hybridized carbons (Fsp3) is 0.625. The van der Waals surface area contributed by atoms with Crippen LogP contribution in [-0.2, 0) is 11.2 Å². The smallest absolute Gasteiger partial charge is 0.0741 e. The van der Waals surface area contributed by atoms with Gasteiger partial charge in [0.25, 0.3) is 0 Å². The zero-order valence-electron chi connectivity index (χ0n) is 12.1. The first-order valence-electron chi connectivity index (χ1n) is 7.45. The molecule has 0 amide bonds. The van der Waals surface area contributed by atoms with Gasteiger partial charge in [-0.05, 0) is 43.2 Å². The lowest BCUT2D eigenvalue weighted by Gasteiger charge is -2.35. The van der Waals surface area contributed by atoms with E-state index >= 15 is 0 Å². The van der Waals surface area contributed by atoms with E-state index in [9.17, 15) is 0 Å². The fourth-order valence-corrected chi connectivity index (χ4v) is 3.11. The summed E-state index contributed by atoms with van der Waals surface area (Å²) >= 11 is 0. The van der Waals surface area contributed by atoms with Gasteiger partial charge >= 0.3 is 0 Å². The van der Waals surface area contributed by atoms with Crippen molar-refractivity contribution in [2.24, 2.45) is 5.84 Å². The third-order valence-electron chi connectivity index (χ3n) is 4.12. The molecule has 3 N–H and O–H groups in total. The van der Waals surface area contributed by atoms with E-state index in [1.807, 2.05) is 0 Å². The molecule has 1 aromatic carbocycles. The fourth-order valence-electron chi connectivity index (χ4n) is 3.11. The van der Waals surface area contributed by atoms with E-state index in [-0.39, 0.29) is 12.1 Å². The number of rotatable bonds is 8. The molecule has 0 heterocycles. The number of nitrogens with one attached hydrogen (secondary N) is 1. The summed E-state index contributed by atoms with van der Waals surface area (Å²) in [6, 6.07) is 8.96. The predicted octanol–water partition coefficient (Wildman–Crippen LogP) is 2.75. The minimum Gasteiger partial charge on any atom is -0.377 e. The first-order chi connectivity index (χ1) is 9.30. The van der Waals surface area contributed by atoms with E-state index in [0.717, 1.165) is 25.9 Å². The number of nitrogens with two attached hydrogens (primary N) is 1. The van der Waals surface area contributed by atoms with Crippen molar-refractivity contribution < 1.29 is 4.74 Å². The summed E-state index contributed by atoms with van der Waals surface area (Å²) in [5, 5.41) is 0. The maximum Gasteiger partial charge on any atom is 0.0741 e. The molecule has 0 radical (unpaired) electrons. The molecule has 0 aliphatic heterocycles. The van der Waals surface area contributed by atoms with Crippen molar-refractivity contribution in [2.75, 3.05) is 6.61 Å². The summed E-state index contributed by atoms with van der Waals surface area (Å²) in [5.41, 5.74) is 5.96. The van der Waals surface area contributed by atoms with Crippen LogP contribution in [0.1, 0.15) is 50.2 Å². The Morgan fingerprint density at radius 2 is 2.16 bits per heavy atom. The monoisotopic (exact) mass is 262 g/mol. The highest BCUT2D eigenvalue weighted by Gasteiger charge is 2.30. The average molecular weight is 262 g/mol. The maximum atomic E-state index is 5.85. The van der Waals surface area contributed by atoms with Gasteiger partial charge in [-0.15, -0.1) is 0 Å². The summed E-state index contributed by atoms with van der Waals surface area (Å²) < 4.78 is 5.85. The van der Waals surface area contributed by atoms with Gasteiger partial charge in [0.1, 0.15) is 0 Å². The van der Waals surface area contributed by atoms with Gasteiger partial charge in [0.2, 0.25) is 0 Å². The largest absolute Gasteiger partial charge is 0.377 e. The lowest BCUT2D eigenvalue weighted by molar-refractivity contribution is 0.0234. The molecule has 2 rings (SSSR count). The van der Waals surface area contributed by atoms with Gasteiger partial charge in [-0.2, -0.15) is 0 Å². The van der Waals surface area contributed by atoms with Gasteiger partial charge < -0.3 is 4.74 Å². The van der Waals surface area contributed by atoms with Gasteiger partial charge in [0.15, 0.2) is 0 Å². The molecule has 3 heteroatoms. The Morgan fingerprint density at radius 1 is 1.37 bits per heavy atom. The zero-order valence-corrected chi connectivity index (χ0v) is 12.1. The molecule has 0 aromatic heterocycles. The van der Waals surface area contributed by atoms with E-state index in [2.05, 4.69) is 43.5 Å². The molecule has 1 aliphatic rings.